The van der Waals surface area contributed by atoms with Gasteiger partial charge in [-0.15, -0.1) is 0 Å². The molecule has 1 aliphatic heterocycles. The standard InChI is InChI=1S/C19H18N2O4/c20-9-8-14-2-5-16(6-3-14)25-13-19(22)21-15-4-7-17-18(12-15)24-11-1-10-23-17/h2-7,12H,1,8,10-11,13H2,(H,21,22). The normalized spacial score (nSPS) is 12.6. The molecule has 1 N–H and O–H groups in total. The molecule has 0 radical (unpaired) electrons. The van der Waals surface area contributed by atoms with E-state index in [0.29, 0.717) is 42.6 Å². The van der Waals surface area contributed by atoms with Crippen molar-refractivity contribution in [2.75, 3.05) is 25.1 Å². The van der Waals surface area contributed by atoms with Crippen molar-refractivity contribution in [3.63, 3.8) is 0 Å². The first-order valence-electron chi connectivity index (χ1n) is 8.03. The molecule has 1 heterocycles. The van der Waals surface area contributed by atoms with E-state index in [1.165, 1.54) is 0 Å². The van der Waals surface area contributed by atoms with E-state index in [1.54, 1.807) is 42.5 Å². The molecule has 0 aromatic heterocycles. The topological polar surface area (TPSA) is 80.6 Å². The zero-order chi connectivity index (χ0) is 17.5. The SMILES string of the molecule is N#CCc1ccc(OCC(=O)Nc2ccc3c(c2)OCCCO3)cc1. The molecular formula is C19H18N2O4. The lowest BCUT2D eigenvalue weighted by atomic mass is 10.2. The second kappa shape index (κ2) is 8.06. The molecule has 2 aromatic carbocycles. The monoisotopic (exact) mass is 338 g/mol. The third-order valence-electron chi connectivity index (χ3n) is 3.61. The first kappa shape index (κ1) is 16.7. The zero-order valence-corrected chi connectivity index (χ0v) is 13.7. The van der Waals surface area contributed by atoms with E-state index in [4.69, 9.17) is 19.5 Å². The third kappa shape index (κ3) is 4.64. The van der Waals surface area contributed by atoms with Crippen LogP contribution in [0.4, 0.5) is 5.69 Å². The van der Waals surface area contributed by atoms with Crippen molar-refractivity contribution in [1.29, 1.82) is 5.26 Å². The van der Waals surface area contributed by atoms with Crippen LogP contribution in [0.25, 0.3) is 0 Å². The maximum Gasteiger partial charge on any atom is 0.262 e. The van der Waals surface area contributed by atoms with Gasteiger partial charge in [0, 0.05) is 18.2 Å². The fourth-order valence-electron chi connectivity index (χ4n) is 2.38. The predicted molar refractivity (Wildman–Crippen MR) is 91.9 cm³/mol. The third-order valence-corrected chi connectivity index (χ3v) is 3.61. The van der Waals surface area contributed by atoms with Gasteiger partial charge in [-0.3, -0.25) is 4.79 Å². The fourth-order valence-corrected chi connectivity index (χ4v) is 2.38. The summed E-state index contributed by atoms with van der Waals surface area (Å²) in [4.78, 5) is 12.0. The summed E-state index contributed by atoms with van der Waals surface area (Å²) in [5.41, 5.74) is 1.54. The lowest BCUT2D eigenvalue weighted by Crippen LogP contribution is -2.20. The second-order valence-corrected chi connectivity index (χ2v) is 5.53. The van der Waals surface area contributed by atoms with Crippen molar-refractivity contribution in [3.05, 3.63) is 48.0 Å². The van der Waals surface area contributed by atoms with Crippen molar-refractivity contribution < 1.29 is 19.0 Å². The van der Waals surface area contributed by atoms with Crippen LogP contribution in [-0.4, -0.2) is 25.7 Å². The molecule has 0 fully saturated rings. The summed E-state index contributed by atoms with van der Waals surface area (Å²) < 4.78 is 16.6. The van der Waals surface area contributed by atoms with Crippen LogP contribution in [-0.2, 0) is 11.2 Å². The van der Waals surface area contributed by atoms with Crippen molar-refractivity contribution in [1.82, 2.24) is 0 Å². The lowest BCUT2D eigenvalue weighted by molar-refractivity contribution is -0.118. The average Bonchev–Trinajstić information content (AvgIpc) is 2.86. The number of hydrogen-bond donors (Lipinski definition) is 1. The van der Waals surface area contributed by atoms with Gasteiger partial charge in [-0.25, -0.2) is 0 Å². The predicted octanol–water partition coefficient (Wildman–Crippen LogP) is 2.93. The number of nitrogens with zero attached hydrogens (tertiary/aromatic N) is 1. The van der Waals surface area contributed by atoms with Gasteiger partial charge in [0.25, 0.3) is 5.91 Å². The molecular weight excluding hydrogens is 320 g/mol. The Bertz CT molecular complexity index is 781. The second-order valence-electron chi connectivity index (χ2n) is 5.53. The number of fused-ring (bicyclic) bond motifs is 1. The van der Waals surface area contributed by atoms with Gasteiger partial charge in [-0.1, -0.05) is 12.1 Å². The Morgan fingerprint density at radius 1 is 1.12 bits per heavy atom. The summed E-state index contributed by atoms with van der Waals surface area (Å²) in [5, 5.41) is 11.4. The number of nitrogens with one attached hydrogen (secondary N) is 1. The Hall–Kier alpha value is -3.20. The molecule has 25 heavy (non-hydrogen) atoms. The fraction of sp³-hybridized carbons (Fsp3) is 0.263. The Balaban J connectivity index is 1.54. The van der Waals surface area contributed by atoms with Gasteiger partial charge in [-0.2, -0.15) is 5.26 Å². The zero-order valence-electron chi connectivity index (χ0n) is 13.7. The molecule has 3 rings (SSSR count). The van der Waals surface area contributed by atoms with Crippen molar-refractivity contribution in [3.8, 4) is 23.3 Å². The molecule has 1 amide bonds. The van der Waals surface area contributed by atoms with Crippen LogP contribution in [0.1, 0.15) is 12.0 Å². The first-order valence-corrected chi connectivity index (χ1v) is 8.03. The van der Waals surface area contributed by atoms with E-state index in [2.05, 4.69) is 11.4 Å². The van der Waals surface area contributed by atoms with Gasteiger partial charge < -0.3 is 19.5 Å². The van der Waals surface area contributed by atoms with E-state index in [9.17, 15) is 4.79 Å². The van der Waals surface area contributed by atoms with E-state index in [0.717, 1.165) is 12.0 Å². The highest BCUT2D eigenvalue weighted by molar-refractivity contribution is 5.92. The smallest absolute Gasteiger partial charge is 0.262 e. The summed E-state index contributed by atoms with van der Waals surface area (Å²) in [6, 6.07) is 14.5. The number of nitriles is 1. The van der Waals surface area contributed by atoms with Crippen LogP contribution in [0.15, 0.2) is 42.5 Å². The van der Waals surface area contributed by atoms with Crippen molar-refractivity contribution in [2.45, 2.75) is 12.8 Å². The number of rotatable bonds is 5. The maximum atomic E-state index is 12.0. The van der Waals surface area contributed by atoms with E-state index in [1.807, 2.05) is 0 Å². The van der Waals surface area contributed by atoms with Gasteiger partial charge >= 0.3 is 0 Å². The molecule has 0 spiro atoms. The van der Waals surface area contributed by atoms with Gasteiger partial charge in [0.15, 0.2) is 18.1 Å². The number of anilines is 1. The summed E-state index contributed by atoms with van der Waals surface area (Å²) >= 11 is 0. The van der Waals surface area contributed by atoms with Crippen LogP contribution in [0, 0.1) is 11.3 Å². The molecule has 2 aromatic rings. The number of ether oxygens (including phenoxy) is 3. The van der Waals surface area contributed by atoms with E-state index >= 15 is 0 Å². The summed E-state index contributed by atoms with van der Waals surface area (Å²) in [7, 11) is 0. The van der Waals surface area contributed by atoms with Gasteiger partial charge in [0.1, 0.15) is 5.75 Å². The number of hydrogen-bond acceptors (Lipinski definition) is 5. The summed E-state index contributed by atoms with van der Waals surface area (Å²) in [6.07, 6.45) is 1.18. The molecule has 1 aliphatic rings. The van der Waals surface area contributed by atoms with E-state index in [-0.39, 0.29) is 12.5 Å². The van der Waals surface area contributed by atoms with Gasteiger partial charge in [0.05, 0.1) is 25.7 Å². The molecule has 0 unspecified atom stereocenters. The quantitative estimate of drug-likeness (QED) is 0.906. The minimum atomic E-state index is -0.268. The molecule has 0 saturated heterocycles. The van der Waals surface area contributed by atoms with Gasteiger partial charge in [-0.05, 0) is 29.8 Å². The number of benzene rings is 2. The first-order chi connectivity index (χ1) is 12.2. The Kier molecular flexibility index (Phi) is 5.37. The van der Waals surface area contributed by atoms with Crippen LogP contribution >= 0.6 is 0 Å². The largest absolute Gasteiger partial charge is 0.490 e. The molecule has 0 aliphatic carbocycles. The van der Waals surface area contributed by atoms with Crippen LogP contribution in [0.2, 0.25) is 0 Å². The maximum absolute atomic E-state index is 12.0. The Labute approximate surface area is 145 Å². The molecule has 6 heteroatoms. The lowest BCUT2D eigenvalue weighted by Gasteiger charge is -2.11. The van der Waals surface area contributed by atoms with Crippen LogP contribution < -0.4 is 19.5 Å². The van der Waals surface area contributed by atoms with Gasteiger partial charge in [0.2, 0.25) is 0 Å². The van der Waals surface area contributed by atoms with Crippen LogP contribution in [0.3, 0.4) is 0 Å². The molecule has 6 nitrogen and oxygen atoms in total. The highest BCUT2D eigenvalue weighted by Gasteiger charge is 2.12. The summed E-state index contributed by atoms with van der Waals surface area (Å²) in [5.74, 6) is 1.62. The van der Waals surface area contributed by atoms with Crippen molar-refractivity contribution in [2.24, 2.45) is 0 Å². The molecule has 128 valence electrons. The van der Waals surface area contributed by atoms with E-state index < -0.39 is 0 Å². The molecule has 0 atom stereocenters. The number of carbonyl (C=O) groups excluding carboxylic acids is 1. The minimum absolute atomic E-state index is 0.105. The summed E-state index contributed by atoms with van der Waals surface area (Å²) in [6.45, 7) is 1.11. The minimum Gasteiger partial charge on any atom is -0.490 e. The molecule has 0 bridgehead atoms. The number of carbonyl (C=O) groups is 1. The Morgan fingerprint density at radius 3 is 2.64 bits per heavy atom. The average molecular weight is 338 g/mol. The number of amides is 1. The highest BCUT2D eigenvalue weighted by Crippen LogP contribution is 2.32. The van der Waals surface area contributed by atoms with Crippen LogP contribution in [0.5, 0.6) is 17.2 Å². The Morgan fingerprint density at radius 2 is 1.88 bits per heavy atom. The highest BCUT2D eigenvalue weighted by atomic mass is 16.5. The molecule has 0 saturated carbocycles. The van der Waals surface area contributed by atoms with Crippen molar-refractivity contribution >= 4 is 11.6 Å².